The topological polar surface area (TPSA) is 58.6 Å². The van der Waals surface area contributed by atoms with E-state index in [1.165, 1.54) is 0 Å². The van der Waals surface area contributed by atoms with Crippen molar-refractivity contribution < 1.29 is 14.3 Å². The average molecular weight is 268 g/mol. The number of carbonyl (C=O) groups is 2. The molecule has 0 radical (unpaired) electrons. The van der Waals surface area contributed by atoms with E-state index < -0.39 is 12.1 Å². The SMILES string of the molecule is CCC(C)C1NC(=O)C(C)N(C2(C)CCOC2)C1=O. The maximum atomic E-state index is 12.7. The van der Waals surface area contributed by atoms with Gasteiger partial charge in [-0.2, -0.15) is 0 Å². The van der Waals surface area contributed by atoms with Crippen LogP contribution in [0, 0.1) is 5.92 Å². The Morgan fingerprint density at radius 1 is 1.53 bits per heavy atom. The molecule has 2 aliphatic heterocycles. The summed E-state index contributed by atoms with van der Waals surface area (Å²) in [5.41, 5.74) is -0.347. The van der Waals surface area contributed by atoms with E-state index in [0.29, 0.717) is 13.2 Å². The largest absolute Gasteiger partial charge is 0.379 e. The van der Waals surface area contributed by atoms with Crippen LogP contribution in [0.5, 0.6) is 0 Å². The van der Waals surface area contributed by atoms with Crippen LogP contribution in [0.15, 0.2) is 0 Å². The first-order chi connectivity index (χ1) is 8.90. The van der Waals surface area contributed by atoms with E-state index in [1.54, 1.807) is 11.8 Å². The molecule has 4 atom stereocenters. The van der Waals surface area contributed by atoms with Crippen LogP contribution in [0.1, 0.15) is 40.5 Å². The lowest BCUT2D eigenvalue weighted by atomic mass is 9.89. The Hall–Kier alpha value is -1.10. The molecule has 2 aliphatic rings. The van der Waals surface area contributed by atoms with Gasteiger partial charge in [0, 0.05) is 6.61 Å². The van der Waals surface area contributed by atoms with Crippen LogP contribution >= 0.6 is 0 Å². The summed E-state index contributed by atoms with van der Waals surface area (Å²) in [7, 11) is 0. The van der Waals surface area contributed by atoms with Gasteiger partial charge in [-0.15, -0.1) is 0 Å². The minimum Gasteiger partial charge on any atom is -0.379 e. The van der Waals surface area contributed by atoms with E-state index in [0.717, 1.165) is 12.8 Å². The van der Waals surface area contributed by atoms with Crippen LogP contribution in [-0.2, 0) is 14.3 Å². The normalized spacial score (nSPS) is 37.4. The zero-order valence-electron chi connectivity index (χ0n) is 12.2. The lowest BCUT2D eigenvalue weighted by Gasteiger charge is -2.47. The molecule has 0 bridgehead atoms. The molecule has 5 heteroatoms. The van der Waals surface area contributed by atoms with Crippen LogP contribution in [-0.4, -0.2) is 47.6 Å². The van der Waals surface area contributed by atoms with Crippen molar-refractivity contribution >= 4 is 11.8 Å². The van der Waals surface area contributed by atoms with E-state index in [2.05, 4.69) is 5.32 Å². The molecular formula is C14H24N2O3. The second kappa shape index (κ2) is 5.12. The van der Waals surface area contributed by atoms with Gasteiger partial charge in [0.25, 0.3) is 0 Å². The molecule has 0 aromatic rings. The van der Waals surface area contributed by atoms with Crippen LogP contribution in [0.2, 0.25) is 0 Å². The van der Waals surface area contributed by atoms with Gasteiger partial charge in [0.2, 0.25) is 11.8 Å². The third-order valence-electron chi connectivity index (χ3n) is 4.56. The first-order valence-corrected chi connectivity index (χ1v) is 7.12. The Balaban J connectivity index is 2.28. The Morgan fingerprint density at radius 3 is 2.74 bits per heavy atom. The quantitative estimate of drug-likeness (QED) is 0.828. The second-order valence-electron chi connectivity index (χ2n) is 6.06. The molecule has 0 spiro atoms. The molecule has 2 saturated heterocycles. The smallest absolute Gasteiger partial charge is 0.246 e. The Morgan fingerprint density at radius 2 is 2.21 bits per heavy atom. The van der Waals surface area contributed by atoms with Crippen molar-refractivity contribution in [1.82, 2.24) is 10.2 Å². The van der Waals surface area contributed by atoms with Gasteiger partial charge in [0.1, 0.15) is 12.1 Å². The molecular weight excluding hydrogens is 244 g/mol. The summed E-state index contributed by atoms with van der Waals surface area (Å²) in [6.45, 7) is 9.02. The number of piperazine rings is 1. The standard InChI is InChI=1S/C14H24N2O3/c1-5-9(2)11-13(18)16(10(3)12(17)15-11)14(4)6-7-19-8-14/h9-11H,5-8H2,1-4H3,(H,15,17). The number of amides is 2. The minimum absolute atomic E-state index is 0.0365. The van der Waals surface area contributed by atoms with E-state index in [4.69, 9.17) is 4.74 Å². The summed E-state index contributed by atoms with van der Waals surface area (Å²) in [5.74, 6) is 0.129. The summed E-state index contributed by atoms with van der Waals surface area (Å²) in [5, 5.41) is 2.87. The van der Waals surface area contributed by atoms with E-state index in [1.807, 2.05) is 20.8 Å². The summed E-state index contributed by atoms with van der Waals surface area (Å²) in [6.07, 6.45) is 1.66. The predicted molar refractivity (Wildman–Crippen MR) is 71.5 cm³/mol. The van der Waals surface area contributed by atoms with Crippen molar-refractivity contribution in [2.75, 3.05) is 13.2 Å². The molecule has 19 heavy (non-hydrogen) atoms. The van der Waals surface area contributed by atoms with Gasteiger partial charge < -0.3 is 15.0 Å². The van der Waals surface area contributed by atoms with E-state index in [-0.39, 0.29) is 23.3 Å². The van der Waals surface area contributed by atoms with Gasteiger partial charge in [-0.05, 0) is 26.2 Å². The highest BCUT2D eigenvalue weighted by atomic mass is 16.5. The highest BCUT2D eigenvalue weighted by Gasteiger charge is 2.49. The fourth-order valence-electron chi connectivity index (χ4n) is 2.99. The van der Waals surface area contributed by atoms with E-state index in [9.17, 15) is 9.59 Å². The summed E-state index contributed by atoms with van der Waals surface area (Å²) in [6, 6.07) is -0.814. The Kier molecular flexibility index (Phi) is 3.85. The lowest BCUT2D eigenvalue weighted by Crippen LogP contribution is -2.69. The molecule has 2 rings (SSSR count). The van der Waals surface area contributed by atoms with Gasteiger partial charge in [0.15, 0.2) is 0 Å². The number of hydrogen-bond acceptors (Lipinski definition) is 3. The summed E-state index contributed by atoms with van der Waals surface area (Å²) < 4.78 is 5.44. The third-order valence-corrected chi connectivity index (χ3v) is 4.56. The first kappa shape index (κ1) is 14.3. The second-order valence-corrected chi connectivity index (χ2v) is 6.06. The molecule has 0 aromatic carbocycles. The van der Waals surface area contributed by atoms with Gasteiger partial charge in [-0.3, -0.25) is 9.59 Å². The average Bonchev–Trinajstić information content (AvgIpc) is 2.80. The lowest BCUT2D eigenvalue weighted by molar-refractivity contribution is -0.157. The van der Waals surface area contributed by atoms with Crippen LogP contribution in [0.3, 0.4) is 0 Å². The fraction of sp³-hybridized carbons (Fsp3) is 0.857. The number of rotatable bonds is 3. The van der Waals surface area contributed by atoms with Gasteiger partial charge >= 0.3 is 0 Å². The number of ether oxygens (including phenoxy) is 1. The van der Waals surface area contributed by atoms with Crippen LogP contribution in [0.25, 0.3) is 0 Å². The van der Waals surface area contributed by atoms with Crippen molar-refractivity contribution in [3.8, 4) is 0 Å². The van der Waals surface area contributed by atoms with Crippen LogP contribution < -0.4 is 5.32 Å². The number of nitrogens with zero attached hydrogens (tertiary/aromatic N) is 1. The molecule has 0 saturated carbocycles. The van der Waals surface area contributed by atoms with Gasteiger partial charge in [0.05, 0.1) is 12.1 Å². The molecule has 2 fully saturated rings. The Labute approximate surface area is 114 Å². The van der Waals surface area contributed by atoms with Gasteiger partial charge in [-0.25, -0.2) is 0 Å². The van der Waals surface area contributed by atoms with E-state index >= 15 is 0 Å². The molecule has 0 aliphatic carbocycles. The number of hydrogen-bond donors (Lipinski definition) is 1. The van der Waals surface area contributed by atoms with Crippen molar-refractivity contribution in [3.05, 3.63) is 0 Å². The van der Waals surface area contributed by atoms with Gasteiger partial charge in [-0.1, -0.05) is 20.3 Å². The molecule has 2 heterocycles. The third kappa shape index (κ3) is 2.36. The number of nitrogens with one attached hydrogen (secondary N) is 1. The molecule has 108 valence electrons. The zero-order chi connectivity index (χ0) is 14.2. The minimum atomic E-state index is -0.417. The van der Waals surface area contributed by atoms with Crippen molar-refractivity contribution in [1.29, 1.82) is 0 Å². The molecule has 2 amide bonds. The summed E-state index contributed by atoms with van der Waals surface area (Å²) in [4.78, 5) is 26.6. The van der Waals surface area contributed by atoms with Crippen LogP contribution in [0.4, 0.5) is 0 Å². The molecule has 1 N–H and O–H groups in total. The van der Waals surface area contributed by atoms with Crippen molar-refractivity contribution in [2.45, 2.75) is 58.2 Å². The maximum Gasteiger partial charge on any atom is 0.246 e. The highest BCUT2D eigenvalue weighted by Crippen LogP contribution is 2.31. The Bertz CT molecular complexity index is 377. The fourth-order valence-corrected chi connectivity index (χ4v) is 2.99. The zero-order valence-corrected chi connectivity index (χ0v) is 12.2. The monoisotopic (exact) mass is 268 g/mol. The first-order valence-electron chi connectivity index (χ1n) is 7.12. The maximum absolute atomic E-state index is 12.7. The number of carbonyl (C=O) groups excluding carboxylic acids is 2. The van der Waals surface area contributed by atoms with Crippen molar-refractivity contribution in [2.24, 2.45) is 5.92 Å². The molecule has 5 nitrogen and oxygen atoms in total. The summed E-state index contributed by atoms with van der Waals surface area (Å²) >= 11 is 0. The highest BCUT2D eigenvalue weighted by molar-refractivity contribution is 5.97. The molecule has 0 aromatic heterocycles. The molecule has 4 unspecified atom stereocenters. The predicted octanol–water partition coefficient (Wildman–Crippen LogP) is 0.927. The van der Waals surface area contributed by atoms with Crippen molar-refractivity contribution in [3.63, 3.8) is 0 Å².